The highest BCUT2D eigenvalue weighted by Gasteiger charge is 2.10. The van der Waals surface area contributed by atoms with Crippen molar-refractivity contribution in [2.75, 3.05) is 5.73 Å². The van der Waals surface area contributed by atoms with Crippen molar-refractivity contribution in [2.45, 2.75) is 0 Å². The summed E-state index contributed by atoms with van der Waals surface area (Å²) >= 11 is 0. The third-order valence-corrected chi connectivity index (χ3v) is 3.72. The molecule has 0 aliphatic heterocycles. The van der Waals surface area contributed by atoms with E-state index in [9.17, 15) is 0 Å². The van der Waals surface area contributed by atoms with Crippen molar-refractivity contribution in [3.8, 4) is 11.3 Å². The first-order valence-electron chi connectivity index (χ1n) is 6.79. The molecule has 0 fully saturated rings. The van der Waals surface area contributed by atoms with Gasteiger partial charge >= 0.3 is 0 Å². The van der Waals surface area contributed by atoms with Gasteiger partial charge in [0.25, 0.3) is 0 Å². The number of anilines is 1. The Morgan fingerprint density at radius 2 is 2.00 bits per heavy atom. The fourth-order valence-electron chi connectivity index (χ4n) is 2.71. The predicted octanol–water partition coefficient (Wildman–Crippen LogP) is 3.37. The molecule has 0 spiro atoms. The maximum atomic E-state index is 5.81. The Morgan fingerprint density at radius 3 is 2.90 bits per heavy atom. The molecule has 3 heterocycles. The van der Waals surface area contributed by atoms with Crippen LogP contribution < -0.4 is 5.73 Å². The molecular formula is C17H14N4. The summed E-state index contributed by atoms with van der Waals surface area (Å²) < 4.78 is 2.03. The second-order valence-corrected chi connectivity index (χ2v) is 5.18. The molecule has 102 valence electrons. The normalized spacial score (nSPS) is 11.3. The van der Waals surface area contributed by atoms with Crippen LogP contribution in [0, 0.1) is 0 Å². The Hall–Kier alpha value is -2.88. The van der Waals surface area contributed by atoms with Gasteiger partial charge in [-0.2, -0.15) is 0 Å². The average Bonchev–Trinajstić information content (AvgIpc) is 2.84. The zero-order chi connectivity index (χ0) is 14.4. The number of pyridine rings is 2. The maximum absolute atomic E-state index is 5.81. The molecule has 0 aliphatic carbocycles. The molecule has 0 saturated heterocycles. The molecular weight excluding hydrogens is 260 g/mol. The number of hydrogen-bond donors (Lipinski definition) is 1. The monoisotopic (exact) mass is 274 g/mol. The molecule has 1 aromatic carbocycles. The van der Waals surface area contributed by atoms with E-state index < -0.39 is 0 Å². The zero-order valence-electron chi connectivity index (χ0n) is 11.6. The van der Waals surface area contributed by atoms with Crippen LogP contribution in [0.25, 0.3) is 33.2 Å². The fourth-order valence-corrected chi connectivity index (χ4v) is 2.71. The lowest BCUT2D eigenvalue weighted by atomic mass is 10.1. The van der Waals surface area contributed by atoms with E-state index >= 15 is 0 Å². The highest BCUT2D eigenvalue weighted by Crippen LogP contribution is 2.29. The van der Waals surface area contributed by atoms with E-state index in [4.69, 9.17) is 10.7 Å². The third-order valence-electron chi connectivity index (χ3n) is 3.72. The molecule has 4 nitrogen and oxygen atoms in total. The van der Waals surface area contributed by atoms with Crippen molar-refractivity contribution in [3.05, 3.63) is 54.9 Å². The number of benzene rings is 1. The summed E-state index contributed by atoms with van der Waals surface area (Å²) in [6.45, 7) is 0. The second-order valence-electron chi connectivity index (χ2n) is 5.18. The van der Waals surface area contributed by atoms with Crippen molar-refractivity contribution >= 4 is 27.6 Å². The fraction of sp³-hybridized carbons (Fsp3) is 0.0588. The van der Waals surface area contributed by atoms with Gasteiger partial charge in [0.1, 0.15) is 5.65 Å². The number of nitrogens with zero attached hydrogens (tertiary/aromatic N) is 3. The highest BCUT2D eigenvalue weighted by atomic mass is 15.0. The summed E-state index contributed by atoms with van der Waals surface area (Å²) in [7, 11) is 2.00. The van der Waals surface area contributed by atoms with Gasteiger partial charge in [-0.15, -0.1) is 0 Å². The summed E-state index contributed by atoms with van der Waals surface area (Å²) in [6.07, 6.45) is 3.88. The summed E-state index contributed by atoms with van der Waals surface area (Å²) in [4.78, 5) is 9.17. The van der Waals surface area contributed by atoms with Gasteiger partial charge in [-0.25, -0.2) is 9.97 Å². The minimum atomic E-state index is 0.756. The second kappa shape index (κ2) is 4.31. The quantitative estimate of drug-likeness (QED) is 0.541. The van der Waals surface area contributed by atoms with E-state index in [1.54, 1.807) is 0 Å². The Kier molecular flexibility index (Phi) is 2.44. The number of aromatic nitrogens is 3. The number of fused-ring (bicyclic) bond motifs is 2. The van der Waals surface area contributed by atoms with Crippen LogP contribution in [-0.2, 0) is 7.05 Å². The maximum Gasteiger partial charge on any atom is 0.140 e. The van der Waals surface area contributed by atoms with Crippen LogP contribution in [0.15, 0.2) is 54.9 Å². The minimum absolute atomic E-state index is 0.756. The molecule has 0 atom stereocenters. The van der Waals surface area contributed by atoms with Gasteiger partial charge in [0.05, 0.1) is 11.2 Å². The zero-order valence-corrected chi connectivity index (χ0v) is 11.6. The van der Waals surface area contributed by atoms with Crippen LogP contribution in [0.3, 0.4) is 0 Å². The van der Waals surface area contributed by atoms with Gasteiger partial charge in [0, 0.05) is 41.5 Å². The SMILES string of the molecule is Cn1cc(-c2ccc3cc(N)ccc3n2)c2cccnc21. The van der Waals surface area contributed by atoms with E-state index in [2.05, 4.69) is 23.3 Å². The number of rotatable bonds is 1. The third kappa shape index (κ3) is 1.84. The Labute approximate surface area is 121 Å². The van der Waals surface area contributed by atoms with Crippen molar-refractivity contribution in [1.29, 1.82) is 0 Å². The largest absolute Gasteiger partial charge is 0.399 e. The number of nitrogen functional groups attached to an aromatic ring is 1. The van der Waals surface area contributed by atoms with Crippen molar-refractivity contribution < 1.29 is 0 Å². The molecule has 0 saturated carbocycles. The van der Waals surface area contributed by atoms with Gasteiger partial charge in [-0.05, 0) is 36.4 Å². The Bertz CT molecular complexity index is 969. The number of nitrogens with two attached hydrogens (primary N) is 1. The first-order valence-corrected chi connectivity index (χ1v) is 6.79. The van der Waals surface area contributed by atoms with Crippen molar-refractivity contribution in [2.24, 2.45) is 7.05 Å². The van der Waals surface area contributed by atoms with E-state index in [1.165, 1.54) is 0 Å². The summed E-state index contributed by atoms with van der Waals surface area (Å²) in [6, 6.07) is 13.9. The standard InChI is InChI=1S/C17H14N4/c1-21-10-14(13-3-2-8-19-17(13)21)16-6-4-11-9-12(18)5-7-15(11)20-16/h2-10H,18H2,1H3. The summed E-state index contributed by atoms with van der Waals surface area (Å²) in [5, 5.41) is 2.17. The van der Waals surface area contributed by atoms with Gasteiger partial charge in [-0.3, -0.25) is 0 Å². The Morgan fingerprint density at radius 1 is 1.10 bits per heavy atom. The lowest BCUT2D eigenvalue weighted by Gasteiger charge is -2.03. The van der Waals surface area contributed by atoms with Gasteiger partial charge in [0.2, 0.25) is 0 Å². The first-order chi connectivity index (χ1) is 10.2. The van der Waals surface area contributed by atoms with Crippen LogP contribution in [0.2, 0.25) is 0 Å². The number of aryl methyl sites for hydroxylation is 1. The first kappa shape index (κ1) is 11.9. The van der Waals surface area contributed by atoms with Gasteiger partial charge < -0.3 is 10.3 Å². The van der Waals surface area contributed by atoms with Crippen molar-refractivity contribution in [3.63, 3.8) is 0 Å². The predicted molar refractivity (Wildman–Crippen MR) is 85.9 cm³/mol. The van der Waals surface area contributed by atoms with Gasteiger partial charge in [-0.1, -0.05) is 6.07 Å². The van der Waals surface area contributed by atoms with Crippen molar-refractivity contribution in [1.82, 2.24) is 14.5 Å². The van der Waals surface area contributed by atoms with Crippen LogP contribution >= 0.6 is 0 Å². The molecule has 0 bridgehead atoms. The topological polar surface area (TPSA) is 56.7 Å². The molecule has 4 heteroatoms. The Balaban J connectivity index is 1.98. The van der Waals surface area contributed by atoms with E-state index in [1.807, 2.05) is 48.1 Å². The molecule has 0 amide bonds. The lowest BCUT2D eigenvalue weighted by Crippen LogP contribution is -1.88. The van der Waals surface area contributed by atoms with Crippen LogP contribution in [0.4, 0.5) is 5.69 Å². The van der Waals surface area contributed by atoms with Gasteiger partial charge in [0.15, 0.2) is 0 Å². The van der Waals surface area contributed by atoms with E-state index in [0.29, 0.717) is 0 Å². The smallest absolute Gasteiger partial charge is 0.140 e. The van der Waals surface area contributed by atoms with Crippen LogP contribution in [0.1, 0.15) is 0 Å². The molecule has 21 heavy (non-hydrogen) atoms. The lowest BCUT2D eigenvalue weighted by molar-refractivity contribution is 0.949. The molecule has 0 radical (unpaired) electrons. The molecule has 0 aliphatic rings. The summed E-state index contributed by atoms with van der Waals surface area (Å²) in [5.74, 6) is 0. The van der Waals surface area contributed by atoms with E-state index in [-0.39, 0.29) is 0 Å². The van der Waals surface area contributed by atoms with E-state index in [0.717, 1.165) is 38.9 Å². The minimum Gasteiger partial charge on any atom is -0.399 e. The van der Waals surface area contributed by atoms with Crippen LogP contribution in [-0.4, -0.2) is 14.5 Å². The molecule has 0 unspecified atom stereocenters. The molecule has 2 N–H and O–H groups in total. The van der Waals surface area contributed by atoms with Crippen LogP contribution in [0.5, 0.6) is 0 Å². The summed E-state index contributed by atoms with van der Waals surface area (Å²) in [5.41, 5.74) is 10.5. The molecule has 3 aromatic heterocycles. The molecule has 4 rings (SSSR count). The average molecular weight is 274 g/mol. The highest BCUT2D eigenvalue weighted by molar-refractivity contribution is 5.94. The number of hydrogen-bond acceptors (Lipinski definition) is 3. The molecule has 4 aromatic rings.